The van der Waals surface area contributed by atoms with E-state index in [2.05, 4.69) is 35.9 Å². The Morgan fingerprint density at radius 2 is 2.07 bits per heavy atom. The summed E-state index contributed by atoms with van der Waals surface area (Å²) in [5.74, 6) is 2.12. The van der Waals surface area contributed by atoms with Crippen molar-refractivity contribution in [1.82, 2.24) is 30.6 Å². The number of hydrogen-bond donors (Lipinski definition) is 3. The van der Waals surface area contributed by atoms with Crippen LogP contribution in [0.2, 0.25) is 0 Å². The summed E-state index contributed by atoms with van der Waals surface area (Å²) in [6, 6.07) is 6.08. The van der Waals surface area contributed by atoms with Crippen molar-refractivity contribution in [3.8, 4) is 11.1 Å². The number of nitrogens with one attached hydrogen (secondary N) is 3. The number of rotatable bonds is 7. The summed E-state index contributed by atoms with van der Waals surface area (Å²) in [4.78, 5) is 15.3. The van der Waals surface area contributed by atoms with Gasteiger partial charge in [0.25, 0.3) is 5.91 Å². The molecule has 0 saturated carbocycles. The van der Waals surface area contributed by atoms with Gasteiger partial charge in [0.05, 0.1) is 17.4 Å². The average Bonchev–Trinajstić information content (AvgIpc) is 3.29. The number of anilines is 1. The fraction of sp³-hybridized carbons (Fsp3) is 0.429. The number of aromatic amines is 1. The number of nitrogens with zero attached hydrogens (tertiary/aromatic N) is 4. The van der Waals surface area contributed by atoms with Crippen molar-refractivity contribution >= 4 is 34.3 Å². The molecule has 1 amide bonds. The molecule has 30 heavy (non-hydrogen) atoms. The molecule has 4 rings (SSSR count). The van der Waals surface area contributed by atoms with Gasteiger partial charge in [-0.1, -0.05) is 6.07 Å². The van der Waals surface area contributed by atoms with Gasteiger partial charge in [0.15, 0.2) is 5.69 Å². The number of carbonyl (C=O) groups is 1. The number of hydrogen-bond acceptors (Lipinski definition) is 7. The Morgan fingerprint density at radius 3 is 2.80 bits per heavy atom. The van der Waals surface area contributed by atoms with Crippen LogP contribution >= 0.6 is 11.8 Å². The molecule has 158 valence electrons. The van der Waals surface area contributed by atoms with Crippen LogP contribution in [0.4, 0.5) is 5.69 Å². The van der Waals surface area contributed by atoms with Gasteiger partial charge in [-0.2, -0.15) is 16.9 Å². The van der Waals surface area contributed by atoms with E-state index in [9.17, 15) is 4.79 Å². The van der Waals surface area contributed by atoms with E-state index in [0.29, 0.717) is 17.9 Å². The Balaban J connectivity index is 1.59. The Hall–Kier alpha value is -2.65. The third kappa shape index (κ3) is 4.73. The first-order valence-electron chi connectivity index (χ1n) is 10.3. The summed E-state index contributed by atoms with van der Waals surface area (Å²) in [5, 5.41) is 22.7. The smallest absolute Gasteiger partial charge is 0.274 e. The largest absolute Gasteiger partial charge is 0.380 e. The molecule has 1 fully saturated rings. The molecular weight excluding hydrogens is 398 g/mol. The summed E-state index contributed by atoms with van der Waals surface area (Å²) in [6.07, 6.45) is 3.62. The number of H-pyrrole nitrogens is 1. The molecule has 0 bridgehead atoms. The predicted molar refractivity (Wildman–Crippen MR) is 122 cm³/mol. The number of fused-ring (bicyclic) bond motifs is 1. The molecule has 0 aliphatic carbocycles. The first-order chi connectivity index (χ1) is 14.6. The maximum absolute atomic E-state index is 13.0. The van der Waals surface area contributed by atoms with E-state index in [4.69, 9.17) is 0 Å². The molecule has 0 radical (unpaired) electrons. The molecule has 1 aliphatic rings. The van der Waals surface area contributed by atoms with Gasteiger partial charge >= 0.3 is 0 Å². The Bertz CT molecular complexity index is 1000. The minimum Gasteiger partial charge on any atom is -0.380 e. The quantitative estimate of drug-likeness (QED) is 0.535. The second-order valence-electron chi connectivity index (χ2n) is 7.65. The van der Waals surface area contributed by atoms with Crippen LogP contribution in [0.5, 0.6) is 0 Å². The third-order valence-electron chi connectivity index (χ3n) is 5.06. The van der Waals surface area contributed by atoms with E-state index < -0.39 is 0 Å². The highest BCUT2D eigenvalue weighted by Crippen LogP contribution is 2.29. The zero-order valence-corrected chi connectivity index (χ0v) is 18.1. The first kappa shape index (κ1) is 20.6. The molecule has 3 aromatic rings. The van der Waals surface area contributed by atoms with E-state index in [1.165, 1.54) is 0 Å². The topological polar surface area (TPSA) is 98.8 Å². The van der Waals surface area contributed by atoms with Crippen LogP contribution in [-0.4, -0.2) is 74.9 Å². The van der Waals surface area contributed by atoms with Gasteiger partial charge in [-0.15, -0.1) is 10.2 Å². The molecule has 0 spiro atoms. The first-order valence-corrected chi connectivity index (χ1v) is 11.4. The summed E-state index contributed by atoms with van der Waals surface area (Å²) in [7, 11) is 0. The number of carbonyl (C=O) groups excluding carboxylic acids is 1. The highest BCUT2D eigenvalue weighted by molar-refractivity contribution is 7.99. The van der Waals surface area contributed by atoms with Crippen molar-refractivity contribution in [2.45, 2.75) is 19.9 Å². The molecule has 1 aromatic carbocycles. The molecule has 0 atom stereocenters. The van der Waals surface area contributed by atoms with Crippen LogP contribution in [0.1, 0.15) is 24.3 Å². The summed E-state index contributed by atoms with van der Waals surface area (Å²) >= 11 is 1.98. The lowest BCUT2D eigenvalue weighted by atomic mass is 10.0. The highest BCUT2D eigenvalue weighted by Gasteiger charge is 2.19. The molecule has 0 unspecified atom stereocenters. The lowest BCUT2D eigenvalue weighted by Gasteiger charge is -2.26. The molecule has 8 nitrogen and oxygen atoms in total. The Morgan fingerprint density at radius 1 is 1.23 bits per heavy atom. The Labute approximate surface area is 180 Å². The van der Waals surface area contributed by atoms with Gasteiger partial charge < -0.3 is 10.6 Å². The van der Waals surface area contributed by atoms with Crippen molar-refractivity contribution in [1.29, 1.82) is 0 Å². The summed E-state index contributed by atoms with van der Waals surface area (Å²) < 4.78 is 0. The molecule has 1 saturated heterocycles. The number of benzene rings is 1. The van der Waals surface area contributed by atoms with Gasteiger partial charge in [-0.25, -0.2) is 0 Å². The molecule has 3 heterocycles. The third-order valence-corrected chi connectivity index (χ3v) is 6.00. The number of aromatic nitrogens is 4. The van der Waals surface area contributed by atoms with Gasteiger partial charge in [0, 0.05) is 60.9 Å². The van der Waals surface area contributed by atoms with Crippen molar-refractivity contribution in [3.63, 3.8) is 0 Å². The lowest BCUT2D eigenvalue weighted by Crippen LogP contribution is -2.39. The Kier molecular flexibility index (Phi) is 6.49. The van der Waals surface area contributed by atoms with E-state index in [0.717, 1.165) is 53.2 Å². The molecule has 3 N–H and O–H groups in total. The summed E-state index contributed by atoms with van der Waals surface area (Å²) in [5.41, 5.74) is 3.77. The van der Waals surface area contributed by atoms with Gasteiger partial charge in [-0.05, 0) is 31.5 Å². The van der Waals surface area contributed by atoms with Crippen LogP contribution < -0.4 is 10.6 Å². The van der Waals surface area contributed by atoms with Crippen molar-refractivity contribution in [2.24, 2.45) is 0 Å². The standard InChI is InChI=1S/C21H27N7OS/c1-14(2)25-19-17-11-15(16-12-23-24-13-16)3-4-18(17)26-27-20(19)21(29)22-5-6-28-7-9-30-10-8-28/h3-4,11-14H,5-10H2,1-2H3,(H,22,29)(H,23,24)(H,25,26). The highest BCUT2D eigenvalue weighted by atomic mass is 32.2. The van der Waals surface area contributed by atoms with E-state index in [1.54, 1.807) is 6.20 Å². The molecule has 2 aromatic heterocycles. The van der Waals surface area contributed by atoms with Gasteiger partial charge in [0.2, 0.25) is 0 Å². The van der Waals surface area contributed by atoms with Crippen molar-refractivity contribution < 1.29 is 4.79 Å². The van der Waals surface area contributed by atoms with Crippen LogP contribution in [-0.2, 0) is 0 Å². The van der Waals surface area contributed by atoms with Crippen LogP contribution in [0.3, 0.4) is 0 Å². The minimum absolute atomic E-state index is 0.146. The van der Waals surface area contributed by atoms with Gasteiger partial charge in [-0.3, -0.25) is 14.8 Å². The number of thioether (sulfide) groups is 1. The second kappa shape index (κ2) is 9.44. The van der Waals surface area contributed by atoms with Crippen LogP contribution in [0, 0.1) is 0 Å². The van der Waals surface area contributed by atoms with Crippen molar-refractivity contribution in [3.05, 3.63) is 36.3 Å². The van der Waals surface area contributed by atoms with Crippen LogP contribution in [0.25, 0.3) is 22.0 Å². The normalized spacial score (nSPS) is 14.9. The van der Waals surface area contributed by atoms with Gasteiger partial charge in [0.1, 0.15) is 0 Å². The predicted octanol–water partition coefficient (Wildman–Crippen LogP) is 2.62. The molecule has 1 aliphatic heterocycles. The fourth-order valence-corrected chi connectivity index (χ4v) is 4.50. The lowest BCUT2D eigenvalue weighted by molar-refractivity contribution is 0.0944. The fourth-order valence-electron chi connectivity index (χ4n) is 3.52. The second-order valence-corrected chi connectivity index (χ2v) is 8.88. The molecular formula is C21H27N7OS. The van der Waals surface area contributed by atoms with E-state index in [-0.39, 0.29) is 11.9 Å². The van der Waals surface area contributed by atoms with Crippen molar-refractivity contribution in [2.75, 3.05) is 43.0 Å². The monoisotopic (exact) mass is 425 g/mol. The zero-order chi connectivity index (χ0) is 20.9. The SMILES string of the molecule is CC(C)Nc1c(C(=O)NCCN2CCSCC2)nnc2ccc(-c3cn[nH]c3)cc12. The minimum atomic E-state index is -0.201. The zero-order valence-electron chi connectivity index (χ0n) is 17.3. The van der Waals surface area contributed by atoms with E-state index >= 15 is 0 Å². The summed E-state index contributed by atoms with van der Waals surface area (Å²) in [6.45, 7) is 7.69. The molecule has 9 heteroatoms. The van der Waals surface area contributed by atoms with Crippen LogP contribution in [0.15, 0.2) is 30.6 Å². The maximum Gasteiger partial charge on any atom is 0.274 e. The maximum atomic E-state index is 13.0. The number of amides is 1. The average molecular weight is 426 g/mol. The van der Waals surface area contributed by atoms with E-state index in [1.807, 2.05) is 50.0 Å².